The molecule has 8 rings (SSSR count). The number of carbonyl (C=O) groups excluding carboxylic acids is 4. The summed E-state index contributed by atoms with van der Waals surface area (Å²) < 4.78 is 175. The molecular formula is C63H81Br2F4I3N4O17P2S2. The number of nitrogens with zero attached hydrogens (tertiary/aromatic N) is 2. The van der Waals surface area contributed by atoms with E-state index in [2.05, 4.69) is 118 Å². The fourth-order valence-corrected chi connectivity index (χ4v) is 19.0. The highest BCUT2D eigenvalue weighted by Crippen LogP contribution is 2.74. The van der Waals surface area contributed by atoms with E-state index in [9.17, 15) is 62.7 Å². The molecule has 2 saturated carbocycles. The lowest BCUT2D eigenvalue weighted by Gasteiger charge is -2.32. The van der Waals surface area contributed by atoms with Gasteiger partial charge in [-0.25, -0.2) is 31.9 Å². The molecule has 2 saturated heterocycles. The lowest BCUT2D eigenvalue weighted by molar-refractivity contribution is -0.145. The van der Waals surface area contributed by atoms with Crippen molar-refractivity contribution in [1.82, 2.24) is 15.1 Å². The van der Waals surface area contributed by atoms with E-state index < -0.39 is 146 Å². The van der Waals surface area contributed by atoms with Gasteiger partial charge in [0.1, 0.15) is 57.1 Å². The van der Waals surface area contributed by atoms with Crippen molar-refractivity contribution in [3.8, 4) is 0 Å². The summed E-state index contributed by atoms with van der Waals surface area (Å²) in [5, 5.41) is 0.134. The van der Waals surface area contributed by atoms with Crippen molar-refractivity contribution in [2.24, 2.45) is 17.6 Å². The normalized spacial score (nSPS) is 23.1. The average molecular weight is 1910 g/mol. The largest absolute Gasteiger partial charge is 0.467 e. The average Bonchev–Trinajstić information content (AvgIpc) is 1.56. The first-order valence-corrected chi connectivity index (χ1v) is 43.0. The van der Waals surface area contributed by atoms with Crippen molar-refractivity contribution in [3.05, 3.63) is 154 Å². The number of hydrogen-bond donors (Lipinski definition) is 2. The highest BCUT2D eigenvalue weighted by molar-refractivity contribution is 14.2. The lowest BCUT2D eigenvalue weighted by atomic mass is 10.2. The second-order valence-electron chi connectivity index (χ2n) is 24.0. The predicted octanol–water partition coefficient (Wildman–Crippen LogP) is 15.6. The maximum absolute atomic E-state index is 14.7. The van der Waals surface area contributed by atoms with Gasteiger partial charge in [0.2, 0.25) is 20.6 Å². The van der Waals surface area contributed by atoms with E-state index >= 15 is 0 Å². The molecule has 0 bridgehead atoms. The van der Waals surface area contributed by atoms with E-state index in [1.54, 1.807) is 73.6 Å². The maximum atomic E-state index is 14.7. The van der Waals surface area contributed by atoms with Crippen molar-refractivity contribution >= 4 is 159 Å². The Kier molecular flexibility index (Phi) is 32.8. The third kappa shape index (κ3) is 23.2. The first-order valence-electron chi connectivity index (χ1n) is 29.8. The maximum Gasteiger partial charge on any atom is 0.411 e. The van der Waals surface area contributed by atoms with Crippen LogP contribution in [0.1, 0.15) is 92.2 Å². The number of halogens is 9. The van der Waals surface area contributed by atoms with Crippen LogP contribution in [0.2, 0.25) is 0 Å². The summed E-state index contributed by atoms with van der Waals surface area (Å²) in [4.78, 5) is 55.7. The summed E-state index contributed by atoms with van der Waals surface area (Å²) in [5.41, 5.74) is 3.73. The monoisotopic (exact) mass is 1910 g/mol. The molecule has 0 aromatic heterocycles. The smallest absolute Gasteiger partial charge is 0.411 e. The number of hydrogen-bond acceptors (Lipinski definition) is 18. The molecule has 2 unspecified atom stereocenters. The Labute approximate surface area is 623 Å². The molecule has 10 atom stereocenters. The molecule has 2 heterocycles. The molecule has 4 aromatic rings. The predicted molar refractivity (Wildman–Crippen MR) is 393 cm³/mol. The molecule has 4 aliphatic rings. The molecular weight excluding hydrogens is 1830 g/mol. The highest BCUT2D eigenvalue weighted by atomic mass is 127. The highest BCUT2D eigenvalue weighted by Gasteiger charge is 2.67. The van der Waals surface area contributed by atoms with Crippen molar-refractivity contribution in [2.45, 2.75) is 149 Å². The van der Waals surface area contributed by atoms with E-state index in [-0.39, 0.29) is 73.0 Å². The number of ether oxygens (including phenoxy) is 3. The van der Waals surface area contributed by atoms with Gasteiger partial charge in [-0.2, -0.15) is 16.8 Å². The van der Waals surface area contributed by atoms with Crippen LogP contribution in [0.4, 0.5) is 27.2 Å². The molecule has 34 heteroatoms. The first kappa shape index (κ1) is 86.3. The SMILES string of the molecule is C=C[C@@H]1C[C@]1(N)P(=O)(Cc1c(F)cccc1F)OCC.C=C[C@@H]1C[C@]1(NC(=O)[C@@H]1C[C@H](OS(=O)(=O)c2ccc(Br)cc2)CN1C(=O)OC(C)(C)C)P(=O)(Cc1c(F)cccc1F)OCC.CI.COC(=O)[C@@H]1C[C@H](OS(=O)(=O)c2ccc(Br)cc2)CN1C(=O)OC(C)(C)C.ICI. The second kappa shape index (κ2) is 36.8. The van der Waals surface area contributed by atoms with Crippen LogP contribution in [0.5, 0.6) is 0 Å². The fraction of sp³-hybridized carbons (Fsp3) is 0.492. The summed E-state index contributed by atoms with van der Waals surface area (Å²) >= 11 is 13.2. The van der Waals surface area contributed by atoms with Crippen molar-refractivity contribution in [3.63, 3.8) is 0 Å². The van der Waals surface area contributed by atoms with Gasteiger partial charge in [-0.05, 0) is 146 Å². The number of methoxy groups -OCH3 is 1. The number of esters is 1. The van der Waals surface area contributed by atoms with Crippen LogP contribution in [0, 0.1) is 35.1 Å². The Morgan fingerprint density at radius 3 is 1.35 bits per heavy atom. The van der Waals surface area contributed by atoms with Crippen LogP contribution < -0.4 is 11.1 Å². The standard InChI is InChI=1S/C30H36BrF2N2O8PS.C17H22BrNO7S.C14H18F2NO2P.CH2I2.CH3I/c1-6-19-16-30(19,44(38,41-7-2)18-23-24(32)9-8-10-25(23)33)34-27(36)26-15-21(17-35(26)28(37)42-29(3,4)5)43-45(39,40)22-13-11-20(31)12-14-22;1-17(2,3)25-16(21)19-10-12(9-14(19)15(20)24-4)26-27(22,23)13-7-5-11(18)6-8-13;1-3-10-8-14(10,17)20(18,19-4-2)9-11-12(15)6-5-7-13(11)16;2-1-3;1-2/h6,8-14,19,21,26H,1,7,15-18H2,2-5H3,(H,34,36);5-8,12,14H,9-10H2,1-4H3;3,5-7,10H,1,4,8-9,17H2,2H3;1H2;1H3/t19-,21+,26+,30+,44?;12-,14-;10-,14+,20?;;/m101../s1. The number of benzene rings is 4. The Bertz CT molecular complexity index is 3720. The number of amides is 3. The number of nitrogens with two attached hydrogens (primary N) is 1. The van der Waals surface area contributed by atoms with Gasteiger partial charge in [0.05, 0.1) is 70.2 Å². The van der Waals surface area contributed by atoms with Gasteiger partial charge >= 0.3 is 18.2 Å². The second-order valence-corrected chi connectivity index (χ2v) is 38.9. The number of carbonyl (C=O) groups is 4. The third-order valence-electron chi connectivity index (χ3n) is 15.0. The molecule has 2 aliphatic heterocycles. The van der Waals surface area contributed by atoms with E-state index in [0.29, 0.717) is 10.9 Å². The van der Waals surface area contributed by atoms with Crippen LogP contribution in [-0.4, -0.2) is 138 Å². The third-order valence-corrected chi connectivity index (χ3v) is 25.2. The van der Waals surface area contributed by atoms with Crippen molar-refractivity contribution in [2.75, 3.05) is 40.8 Å². The molecule has 97 heavy (non-hydrogen) atoms. The van der Waals surface area contributed by atoms with Crippen LogP contribution in [0.25, 0.3) is 0 Å². The van der Waals surface area contributed by atoms with Gasteiger partial charge < -0.3 is 34.3 Å². The van der Waals surface area contributed by atoms with E-state index in [1.807, 2.05) is 4.93 Å². The molecule has 0 radical (unpaired) electrons. The topological polar surface area (TPSA) is 280 Å². The van der Waals surface area contributed by atoms with Gasteiger partial charge in [0.25, 0.3) is 20.2 Å². The van der Waals surface area contributed by atoms with Gasteiger partial charge in [-0.3, -0.25) is 32.1 Å². The molecule has 0 spiro atoms. The minimum atomic E-state index is -4.28. The summed E-state index contributed by atoms with van der Waals surface area (Å²) in [6, 6.07) is 16.2. The lowest BCUT2D eigenvalue weighted by Crippen LogP contribution is -2.51. The van der Waals surface area contributed by atoms with E-state index in [4.69, 9.17) is 37.4 Å². The number of likely N-dealkylation sites (tertiary alicyclic amines) is 2. The van der Waals surface area contributed by atoms with Crippen molar-refractivity contribution in [1.29, 1.82) is 0 Å². The summed E-state index contributed by atoms with van der Waals surface area (Å²) in [5.74, 6) is -5.45. The number of alkyl halides is 3. The van der Waals surface area contributed by atoms with Crippen molar-refractivity contribution < 1.29 is 94.3 Å². The zero-order chi connectivity index (χ0) is 73.5. The minimum absolute atomic E-state index is 0.0122. The van der Waals surface area contributed by atoms with Gasteiger partial charge in [-0.15, -0.1) is 13.2 Å². The summed E-state index contributed by atoms with van der Waals surface area (Å²) in [6.45, 7) is 20.3. The summed E-state index contributed by atoms with van der Waals surface area (Å²) in [6.07, 6.45) is -1.21. The van der Waals surface area contributed by atoms with Gasteiger partial charge in [-0.1, -0.05) is 124 Å². The summed E-state index contributed by atoms with van der Waals surface area (Å²) in [7, 11) is -14.6. The van der Waals surface area contributed by atoms with Gasteiger partial charge in [0.15, 0.2) is 0 Å². The molecule has 4 fully saturated rings. The molecule has 2 aliphatic carbocycles. The van der Waals surface area contributed by atoms with E-state index in [1.165, 1.54) is 64.2 Å². The Balaban J connectivity index is 0.000000326. The quantitative estimate of drug-likeness (QED) is 0.0115. The van der Waals surface area contributed by atoms with E-state index in [0.717, 1.165) is 38.5 Å². The van der Waals surface area contributed by atoms with Crippen LogP contribution in [-0.2, 0) is 82.9 Å². The zero-order valence-corrected chi connectivity index (χ0v) is 68.0. The zero-order valence-electron chi connectivity index (χ0n) is 54.9. The Hall–Kier alpha value is -3.13. The van der Waals surface area contributed by atoms with Crippen LogP contribution in [0.15, 0.2) is 129 Å². The minimum Gasteiger partial charge on any atom is -0.467 e. The Morgan fingerprint density at radius 1 is 0.649 bits per heavy atom. The van der Waals surface area contributed by atoms with Crippen LogP contribution >= 0.6 is 114 Å². The Morgan fingerprint density at radius 2 is 1.01 bits per heavy atom. The number of nitrogens with one attached hydrogen (secondary N) is 1. The molecule has 3 amide bonds. The molecule has 540 valence electrons. The molecule has 3 N–H and O–H groups in total. The van der Waals surface area contributed by atoms with Crippen LogP contribution in [0.3, 0.4) is 0 Å². The molecule has 21 nitrogen and oxygen atoms in total. The fourth-order valence-electron chi connectivity index (χ4n) is 10.3. The van der Waals surface area contributed by atoms with Gasteiger partial charge in [0, 0.05) is 44.7 Å². The number of rotatable bonds is 21. The first-order chi connectivity index (χ1) is 45.2. The molecule has 4 aromatic carbocycles.